The van der Waals surface area contributed by atoms with Crippen molar-refractivity contribution in [1.29, 1.82) is 0 Å². The minimum absolute atomic E-state index is 0.0391. The fraction of sp³-hybridized carbons (Fsp3) is 0.393. The van der Waals surface area contributed by atoms with Crippen LogP contribution in [0.25, 0.3) is 0 Å². The number of nitrogens with zero attached hydrogens (tertiary/aromatic N) is 3. The lowest BCUT2D eigenvalue weighted by Gasteiger charge is -2.39. The summed E-state index contributed by atoms with van der Waals surface area (Å²) in [6.07, 6.45) is 2.59. The first kappa shape index (κ1) is 26.2. The van der Waals surface area contributed by atoms with Crippen LogP contribution in [-0.2, 0) is 0 Å². The second kappa shape index (κ2) is 11.9. The van der Waals surface area contributed by atoms with Gasteiger partial charge in [0.15, 0.2) is 0 Å². The SMILES string of the molecule is CC(C)NC(=O)N([CH]CCCN1C(=O)c2ccccc2C1=O)[C@@H]1CCCN(C(=O)Nc2ccccc2)C1. The predicted octanol–water partition coefficient (Wildman–Crippen LogP) is 4.34. The molecule has 1 atom stereocenters. The predicted molar refractivity (Wildman–Crippen MR) is 141 cm³/mol. The van der Waals surface area contributed by atoms with Crippen molar-refractivity contribution in [2.24, 2.45) is 0 Å². The van der Waals surface area contributed by atoms with E-state index in [1.165, 1.54) is 4.90 Å². The van der Waals surface area contributed by atoms with E-state index in [4.69, 9.17) is 0 Å². The molecule has 0 aromatic heterocycles. The maximum absolute atomic E-state index is 13.1. The molecule has 2 N–H and O–H groups in total. The van der Waals surface area contributed by atoms with Crippen LogP contribution in [0.1, 0.15) is 60.2 Å². The molecule has 0 unspecified atom stereocenters. The molecule has 9 nitrogen and oxygen atoms in total. The van der Waals surface area contributed by atoms with E-state index in [0.717, 1.165) is 18.5 Å². The molecule has 1 radical (unpaired) electrons. The van der Waals surface area contributed by atoms with Crippen LogP contribution in [0.15, 0.2) is 54.6 Å². The normalized spacial score (nSPS) is 17.1. The summed E-state index contributed by atoms with van der Waals surface area (Å²) in [4.78, 5) is 55.9. The third kappa shape index (κ3) is 6.28. The Balaban J connectivity index is 1.35. The minimum Gasteiger partial charge on any atom is -0.336 e. The fourth-order valence-corrected chi connectivity index (χ4v) is 4.73. The molecule has 2 aliphatic heterocycles. The lowest BCUT2D eigenvalue weighted by Crippen LogP contribution is -2.54. The van der Waals surface area contributed by atoms with Gasteiger partial charge in [0.1, 0.15) is 0 Å². The highest BCUT2D eigenvalue weighted by Crippen LogP contribution is 2.24. The maximum Gasteiger partial charge on any atom is 0.321 e. The Morgan fingerprint density at radius 1 is 1.03 bits per heavy atom. The average molecular weight is 505 g/mol. The number of amides is 6. The van der Waals surface area contributed by atoms with Gasteiger partial charge in [0.05, 0.1) is 23.7 Å². The monoisotopic (exact) mass is 504 g/mol. The number of carbonyl (C=O) groups excluding carboxylic acids is 4. The molecule has 2 aromatic carbocycles. The molecule has 6 amide bonds. The summed E-state index contributed by atoms with van der Waals surface area (Å²) in [7, 11) is 0. The van der Waals surface area contributed by atoms with Gasteiger partial charge in [-0.15, -0.1) is 0 Å². The average Bonchev–Trinajstić information content (AvgIpc) is 3.13. The standard InChI is InChI=1S/C28H34N5O4/c1-20(2)29-28(37)32(17-8-9-18-33-25(34)23-14-6-7-15-24(23)26(33)35)22-13-10-16-31(19-22)27(36)30-21-11-4-3-5-12-21/h3-7,11-12,14-15,17,20,22H,8-10,13,16,18-19H2,1-2H3,(H,29,37)(H,30,36)/t22-/m1/s1. The Morgan fingerprint density at radius 3 is 2.32 bits per heavy atom. The number of carbonyl (C=O) groups is 4. The van der Waals surface area contributed by atoms with Gasteiger partial charge in [0, 0.05) is 31.4 Å². The van der Waals surface area contributed by atoms with Crippen molar-refractivity contribution in [1.82, 2.24) is 20.0 Å². The summed E-state index contributed by atoms with van der Waals surface area (Å²) in [6, 6.07) is 15.5. The molecule has 2 aliphatic rings. The summed E-state index contributed by atoms with van der Waals surface area (Å²) < 4.78 is 0. The molecule has 0 bridgehead atoms. The van der Waals surface area contributed by atoms with E-state index in [9.17, 15) is 19.2 Å². The van der Waals surface area contributed by atoms with Crippen molar-refractivity contribution in [3.8, 4) is 0 Å². The van der Waals surface area contributed by atoms with Crippen molar-refractivity contribution < 1.29 is 19.2 Å². The third-order valence-electron chi connectivity index (χ3n) is 6.54. The molecule has 1 fully saturated rings. The number of nitrogens with one attached hydrogen (secondary N) is 2. The van der Waals surface area contributed by atoms with E-state index in [2.05, 4.69) is 10.6 Å². The number of urea groups is 2. The Labute approximate surface area is 217 Å². The Hall–Kier alpha value is -3.88. The zero-order valence-electron chi connectivity index (χ0n) is 21.4. The quantitative estimate of drug-likeness (QED) is 0.412. The molecular formula is C28H34N5O4. The molecule has 9 heteroatoms. The first-order valence-corrected chi connectivity index (χ1v) is 12.8. The molecule has 4 rings (SSSR count). The molecular weight excluding hydrogens is 470 g/mol. The number of anilines is 1. The van der Waals surface area contributed by atoms with Gasteiger partial charge in [-0.25, -0.2) is 9.59 Å². The summed E-state index contributed by atoms with van der Waals surface area (Å²) in [6.45, 7) is 6.95. The van der Waals surface area contributed by atoms with Crippen LogP contribution in [0.3, 0.4) is 0 Å². The van der Waals surface area contributed by atoms with Crippen molar-refractivity contribution in [2.45, 2.75) is 51.6 Å². The highest BCUT2D eigenvalue weighted by Gasteiger charge is 2.35. The molecule has 1 saturated heterocycles. The van der Waals surface area contributed by atoms with Crippen LogP contribution in [0, 0.1) is 6.54 Å². The second-order valence-corrected chi connectivity index (χ2v) is 9.68. The number of hydrogen-bond donors (Lipinski definition) is 2. The van der Waals surface area contributed by atoms with Gasteiger partial charge in [0.25, 0.3) is 11.8 Å². The molecule has 2 heterocycles. The van der Waals surface area contributed by atoms with Crippen molar-refractivity contribution in [2.75, 3.05) is 25.0 Å². The van der Waals surface area contributed by atoms with Crippen LogP contribution in [0.4, 0.5) is 15.3 Å². The summed E-state index contributed by atoms with van der Waals surface area (Å²) in [5, 5.41) is 5.87. The van der Waals surface area contributed by atoms with Gasteiger partial charge < -0.3 is 20.4 Å². The topological polar surface area (TPSA) is 102 Å². The molecule has 195 valence electrons. The minimum atomic E-state index is -0.276. The fourth-order valence-electron chi connectivity index (χ4n) is 4.73. The van der Waals surface area contributed by atoms with Gasteiger partial charge in [-0.2, -0.15) is 0 Å². The largest absolute Gasteiger partial charge is 0.336 e. The van der Waals surface area contributed by atoms with E-state index < -0.39 is 0 Å². The van der Waals surface area contributed by atoms with E-state index >= 15 is 0 Å². The summed E-state index contributed by atoms with van der Waals surface area (Å²) >= 11 is 0. The number of imide groups is 1. The van der Waals surface area contributed by atoms with Crippen molar-refractivity contribution in [3.05, 3.63) is 72.3 Å². The van der Waals surface area contributed by atoms with Crippen LogP contribution in [-0.4, -0.2) is 70.3 Å². The number of fused-ring (bicyclic) bond motifs is 1. The first-order valence-electron chi connectivity index (χ1n) is 12.8. The van der Waals surface area contributed by atoms with E-state index in [1.54, 1.807) is 34.1 Å². The number of hydrogen-bond acceptors (Lipinski definition) is 4. The number of rotatable bonds is 8. The second-order valence-electron chi connectivity index (χ2n) is 9.68. The summed E-state index contributed by atoms with van der Waals surface area (Å²) in [5.41, 5.74) is 1.60. The lowest BCUT2D eigenvalue weighted by atomic mass is 10.0. The van der Waals surface area contributed by atoms with Crippen LogP contribution in [0.2, 0.25) is 0 Å². The lowest BCUT2D eigenvalue weighted by molar-refractivity contribution is 0.0650. The zero-order chi connectivity index (χ0) is 26.4. The summed E-state index contributed by atoms with van der Waals surface area (Å²) in [5.74, 6) is -0.551. The van der Waals surface area contributed by atoms with Gasteiger partial charge >= 0.3 is 12.1 Å². The Morgan fingerprint density at radius 2 is 1.68 bits per heavy atom. The van der Waals surface area contributed by atoms with Gasteiger partial charge in [0.2, 0.25) is 0 Å². The Kier molecular flexibility index (Phi) is 8.43. The molecule has 37 heavy (non-hydrogen) atoms. The number of para-hydroxylation sites is 1. The Bertz CT molecular complexity index is 1100. The van der Waals surface area contributed by atoms with Gasteiger partial charge in [-0.1, -0.05) is 30.3 Å². The zero-order valence-corrected chi connectivity index (χ0v) is 21.4. The third-order valence-corrected chi connectivity index (χ3v) is 6.54. The van der Waals surface area contributed by atoms with Crippen LogP contribution in [0.5, 0.6) is 0 Å². The molecule has 0 aliphatic carbocycles. The van der Waals surface area contributed by atoms with E-state index in [-0.39, 0.29) is 42.5 Å². The number of likely N-dealkylation sites (tertiary alicyclic amines) is 1. The highest BCUT2D eigenvalue weighted by atomic mass is 16.2. The number of benzene rings is 2. The molecule has 0 spiro atoms. The smallest absolute Gasteiger partial charge is 0.321 e. The molecule has 2 aromatic rings. The van der Waals surface area contributed by atoms with Crippen LogP contribution >= 0.6 is 0 Å². The van der Waals surface area contributed by atoms with E-state index in [1.807, 2.05) is 50.7 Å². The number of unbranched alkanes of at least 4 members (excludes halogenated alkanes) is 1. The number of piperidine rings is 1. The maximum atomic E-state index is 13.1. The van der Waals surface area contributed by atoms with Gasteiger partial charge in [-0.05, 0) is 63.8 Å². The van der Waals surface area contributed by atoms with Gasteiger partial charge in [-0.3, -0.25) is 14.5 Å². The highest BCUT2D eigenvalue weighted by molar-refractivity contribution is 6.21. The van der Waals surface area contributed by atoms with Crippen molar-refractivity contribution in [3.63, 3.8) is 0 Å². The van der Waals surface area contributed by atoms with Crippen LogP contribution < -0.4 is 10.6 Å². The molecule has 0 saturated carbocycles. The van der Waals surface area contributed by atoms with Crippen molar-refractivity contribution >= 4 is 29.6 Å². The van der Waals surface area contributed by atoms with E-state index in [0.29, 0.717) is 37.1 Å². The first-order chi connectivity index (χ1) is 17.8.